The average Bonchev–Trinajstić information content (AvgIpc) is 2.86. The molecular weight excluding hydrogens is 495 g/mol. The van der Waals surface area contributed by atoms with Gasteiger partial charge >= 0.3 is 12.1 Å². The number of nitrogens with one attached hydrogen (secondary N) is 2. The number of methoxy groups -OCH3 is 1. The van der Waals surface area contributed by atoms with Gasteiger partial charge in [-0.15, -0.1) is 11.8 Å². The first-order valence-corrected chi connectivity index (χ1v) is 11.7. The van der Waals surface area contributed by atoms with Crippen molar-refractivity contribution in [2.24, 2.45) is 0 Å². The lowest BCUT2D eigenvalue weighted by atomic mass is 10.2. The summed E-state index contributed by atoms with van der Waals surface area (Å²) < 4.78 is 22.9. The number of rotatable bonds is 9. The van der Waals surface area contributed by atoms with Crippen LogP contribution < -0.4 is 10.6 Å². The van der Waals surface area contributed by atoms with Crippen LogP contribution in [0.25, 0.3) is 0 Å². The first kappa shape index (κ1) is 26.1. The van der Waals surface area contributed by atoms with Crippen molar-refractivity contribution < 1.29 is 28.2 Å². The van der Waals surface area contributed by atoms with Crippen LogP contribution in [0.15, 0.2) is 77.7 Å². The van der Waals surface area contributed by atoms with E-state index in [2.05, 4.69) is 10.6 Å². The Morgan fingerprint density at radius 2 is 1.51 bits per heavy atom. The molecule has 3 aromatic rings. The zero-order valence-electron chi connectivity index (χ0n) is 18.6. The summed E-state index contributed by atoms with van der Waals surface area (Å²) in [6.07, 6.45) is -0.520. The van der Waals surface area contributed by atoms with Gasteiger partial charge in [-0.2, -0.15) is 0 Å². The Morgan fingerprint density at radius 1 is 0.914 bits per heavy atom. The minimum Gasteiger partial charge on any atom is -0.468 e. The molecule has 182 valence electrons. The fourth-order valence-corrected chi connectivity index (χ4v) is 4.04. The van der Waals surface area contributed by atoms with Crippen molar-refractivity contribution in [2.75, 3.05) is 24.4 Å². The summed E-state index contributed by atoms with van der Waals surface area (Å²) in [5.41, 5.74) is 1.45. The molecule has 0 bridgehead atoms. The molecule has 0 aliphatic carbocycles. The highest BCUT2D eigenvalue weighted by Crippen LogP contribution is 2.27. The summed E-state index contributed by atoms with van der Waals surface area (Å²) in [4.78, 5) is 37.3. The topological polar surface area (TPSA) is 93.7 Å². The van der Waals surface area contributed by atoms with E-state index in [-0.39, 0.29) is 18.9 Å². The highest BCUT2D eigenvalue weighted by Gasteiger charge is 2.21. The van der Waals surface area contributed by atoms with Gasteiger partial charge in [0.25, 0.3) is 5.91 Å². The van der Waals surface area contributed by atoms with Gasteiger partial charge < -0.3 is 14.8 Å². The number of amides is 2. The zero-order valence-corrected chi connectivity index (χ0v) is 20.2. The number of carbonyl (C=O) groups excluding carboxylic acids is 3. The number of ether oxygens (including phenoxy) is 2. The van der Waals surface area contributed by atoms with Gasteiger partial charge in [0.2, 0.25) is 0 Å². The SMILES string of the molecule is COC(=O)C(CCOC(=O)Nc1ccc(F)cc1)Sc1ccc(C(=O)Nc2ccc(Cl)cc2)cc1. The number of anilines is 2. The average molecular weight is 517 g/mol. The fraction of sp³-hybridized carbons (Fsp3) is 0.160. The van der Waals surface area contributed by atoms with Crippen LogP contribution in [0.1, 0.15) is 16.8 Å². The van der Waals surface area contributed by atoms with Crippen LogP contribution in [0.4, 0.5) is 20.6 Å². The third-order valence-electron chi connectivity index (χ3n) is 4.66. The molecule has 0 aliphatic heterocycles. The smallest absolute Gasteiger partial charge is 0.411 e. The van der Waals surface area contributed by atoms with E-state index in [4.69, 9.17) is 21.1 Å². The Balaban J connectivity index is 1.52. The number of carbonyl (C=O) groups is 3. The van der Waals surface area contributed by atoms with E-state index < -0.39 is 23.1 Å². The molecule has 2 N–H and O–H groups in total. The van der Waals surface area contributed by atoms with E-state index in [0.717, 1.165) is 4.90 Å². The van der Waals surface area contributed by atoms with Crippen molar-refractivity contribution in [3.63, 3.8) is 0 Å². The molecule has 3 aromatic carbocycles. The minimum absolute atomic E-state index is 0.0403. The largest absolute Gasteiger partial charge is 0.468 e. The monoisotopic (exact) mass is 516 g/mol. The number of hydrogen-bond donors (Lipinski definition) is 2. The molecule has 35 heavy (non-hydrogen) atoms. The summed E-state index contributed by atoms with van der Waals surface area (Å²) in [5.74, 6) is -1.17. The maximum atomic E-state index is 13.0. The second-order valence-electron chi connectivity index (χ2n) is 7.17. The quantitative estimate of drug-likeness (QED) is 0.267. The Labute approximate surface area is 211 Å². The first-order chi connectivity index (χ1) is 16.8. The molecule has 0 heterocycles. The number of esters is 1. The first-order valence-electron chi connectivity index (χ1n) is 10.4. The maximum absolute atomic E-state index is 13.0. The van der Waals surface area contributed by atoms with Crippen LogP contribution in [-0.2, 0) is 14.3 Å². The van der Waals surface area contributed by atoms with Gasteiger partial charge in [-0.05, 0) is 72.8 Å². The normalized spacial score (nSPS) is 11.3. The maximum Gasteiger partial charge on any atom is 0.411 e. The standard InChI is InChI=1S/C25H22ClFN2O5S/c1-33-24(31)22(14-15-34-25(32)29-20-10-6-18(27)7-11-20)35-21-12-2-16(3-13-21)23(30)28-19-8-4-17(26)5-9-19/h2-13,22H,14-15H2,1H3,(H,28,30)(H,29,32). The Kier molecular flexibility index (Phi) is 9.51. The predicted molar refractivity (Wildman–Crippen MR) is 133 cm³/mol. The highest BCUT2D eigenvalue weighted by molar-refractivity contribution is 8.00. The molecule has 0 fully saturated rings. The van der Waals surface area contributed by atoms with Gasteiger partial charge in [-0.25, -0.2) is 9.18 Å². The van der Waals surface area contributed by atoms with E-state index >= 15 is 0 Å². The number of halogens is 2. The second kappa shape index (κ2) is 12.8. The molecule has 2 amide bonds. The summed E-state index contributed by atoms with van der Waals surface area (Å²) in [6, 6.07) is 18.7. The van der Waals surface area contributed by atoms with Crippen molar-refractivity contribution in [1.82, 2.24) is 0 Å². The Hall–Kier alpha value is -3.56. The third-order valence-corrected chi connectivity index (χ3v) is 6.17. The molecule has 0 saturated carbocycles. The molecule has 7 nitrogen and oxygen atoms in total. The van der Waals surface area contributed by atoms with Crippen LogP contribution in [-0.4, -0.2) is 36.9 Å². The summed E-state index contributed by atoms with van der Waals surface area (Å²) in [5, 5.41) is 5.20. The van der Waals surface area contributed by atoms with Gasteiger partial charge in [0.05, 0.1) is 13.7 Å². The zero-order chi connectivity index (χ0) is 25.2. The molecule has 0 radical (unpaired) electrons. The second-order valence-corrected chi connectivity index (χ2v) is 8.88. The van der Waals surface area contributed by atoms with Crippen molar-refractivity contribution in [1.29, 1.82) is 0 Å². The number of hydrogen-bond acceptors (Lipinski definition) is 6. The van der Waals surface area contributed by atoms with Gasteiger partial charge in [-0.3, -0.25) is 14.9 Å². The van der Waals surface area contributed by atoms with E-state index in [1.807, 2.05) is 0 Å². The van der Waals surface area contributed by atoms with Crippen molar-refractivity contribution >= 4 is 52.7 Å². The molecule has 3 rings (SSSR count). The van der Waals surface area contributed by atoms with Crippen LogP contribution in [0.3, 0.4) is 0 Å². The van der Waals surface area contributed by atoms with E-state index in [9.17, 15) is 18.8 Å². The van der Waals surface area contributed by atoms with Crippen LogP contribution in [0.2, 0.25) is 5.02 Å². The molecule has 0 spiro atoms. The minimum atomic E-state index is -0.721. The van der Waals surface area contributed by atoms with Crippen molar-refractivity contribution in [3.8, 4) is 0 Å². The van der Waals surface area contributed by atoms with Crippen molar-refractivity contribution in [2.45, 2.75) is 16.6 Å². The molecule has 0 saturated heterocycles. The highest BCUT2D eigenvalue weighted by atomic mass is 35.5. The fourth-order valence-electron chi connectivity index (χ4n) is 2.89. The molecule has 0 aliphatic rings. The van der Waals surface area contributed by atoms with E-state index in [1.54, 1.807) is 48.5 Å². The molecule has 1 unspecified atom stereocenters. The van der Waals surface area contributed by atoms with Gasteiger partial charge in [0.15, 0.2) is 0 Å². The lowest BCUT2D eigenvalue weighted by Gasteiger charge is -2.15. The van der Waals surface area contributed by atoms with Crippen LogP contribution >= 0.6 is 23.4 Å². The molecule has 10 heteroatoms. The van der Waals surface area contributed by atoms with Gasteiger partial charge in [0, 0.05) is 33.3 Å². The lowest BCUT2D eigenvalue weighted by Crippen LogP contribution is -2.23. The number of benzene rings is 3. The molecule has 1 atom stereocenters. The van der Waals surface area contributed by atoms with Crippen molar-refractivity contribution in [3.05, 3.63) is 89.2 Å². The van der Waals surface area contributed by atoms with Gasteiger partial charge in [-0.1, -0.05) is 11.6 Å². The lowest BCUT2D eigenvalue weighted by molar-refractivity contribution is -0.140. The van der Waals surface area contributed by atoms with Gasteiger partial charge in [0.1, 0.15) is 11.1 Å². The summed E-state index contributed by atoms with van der Waals surface area (Å²) in [7, 11) is 1.28. The van der Waals surface area contributed by atoms with E-state index in [0.29, 0.717) is 22.0 Å². The molecule has 0 aromatic heterocycles. The molecular formula is C25H22ClFN2O5S. The summed E-state index contributed by atoms with van der Waals surface area (Å²) in [6.45, 7) is -0.0403. The van der Waals surface area contributed by atoms with Crippen LogP contribution in [0.5, 0.6) is 0 Å². The van der Waals surface area contributed by atoms with E-state index in [1.165, 1.54) is 43.1 Å². The third kappa shape index (κ3) is 8.31. The van der Waals surface area contributed by atoms with Crippen LogP contribution in [0, 0.1) is 5.82 Å². The Morgan fingerprint density at radius 3 is 2.14 bits per heavy atom. The summed E-state index contributed by atoms with van der Waals surface area (Å²) >= 11 is 7.08. The predicted octanol–water partition coefficient (Wildman–Crippen LogP) is 6.00. The Bertz CT molecular complexity index is 1160. The number of thioether (sulfide) groups is 1.